The van der Waals surface area contributed by atoms with Gasteiger partial charge in [0, 0.05) is 19.3 Å². The van der Waals surface area contributed by atoms with Crippen LogP contribution in [0.4, 0.5) is 0 Å². The summed E-state index contributed by atoms with van der Waals surface area (Å²) in [5.74, 6) is 3.72. The SMILES string of the molecule is CC(=O)O[C@@H]1C[C@]2(C)C3CC[C@@]4(C)C(C[C@@H]5O[C@@]6(CC[C@H](C)CO6)[C@@H](C)[C@@H]54)C3CC[C@H]2C[C@H]1O. The van der Waals surface area contributed by atoms with Gasteiger partial charge in [-0.15, -0.1) is 0 Å². The highest BCUT2D eigenvalue weighted by Crippen LogP contribution is 2.71. The largest absolute Gasteiger partial charge is 0.460 e. The molecule has 4 saturated carbocycles. The third-order valence-corrected chi connectivity index (χ3v) is 12.2. The minimum absolute atomic E-state index is 0.150. The maximum Gasteiger partial charge on any atom is 0.302 e. The van der Waals surface area contributed by atoms with Crippen molar-refractivity contribution in [2.75, 3.05) is 6.61 Å². The van der Waals surface area contributed by atoms with Gasteiger partial charge < -0.3 is 19.3 Å². The molecular formula is C29H46O5. The summed E-state index contributed by atoms with van der Waals surface area (Å²) < 4.78 is 19.0. The van der Waals surface area contributed by atoms with Gasteiger partial charge in [0.05, 0.1) is 18.8 Å². The molecule has 0 bridgehead atoms. The van der Waals surface area contributed by atoms with Gasteiger partial charge in [-0.2, -0.15) is 0 Å². The molecule has 5 nitrogen and oxygen atoms in total. The van der Waals surface area contributed by atoms with Crippen molar-refractivity contribution in [1.82, 2.24) is 0 Å². The van der Waals surface area contributed by atoms with Crippen molar-refractivity contribution in [3.8, 4) is 0 Å². The predicted molar refractivity (Wildman–Crippen MR) is 129 cm³/mol. The molecule has 0 aromatic carbocycles. The van der Waals surface area contributed by atoms with Crippen molar-refractivity contribution in [3.63, 3.8) is 0 Å². The highest BCUT2D eigenvalue weighted by molar-refractivity contribution is 5.66. The number of hydrogen-bond acceptors (Lipinski definition) is 5. The van der Waals surface area contributed by atoms with Crippen LogP contribution < -0.4 is 0 Å². The first-order valence-electron chi connectivity index (χ1n) is 14.2. The third-order valence-electron chi connectivity index (χ3n) is 12.2. The standard InChI is InChI=1S/C29H46O5/c1-16-8-11-29(32-15-16)17(2)26-24(34-29)13-22-20-7-6-19-12-23(31)25(33-18(3)30)14-28(19,5)21(20)9-10-27(22,26)4/h16-17,19-26,31H,6-15H2,1-5H3/t16-,17-,19-,20?,21?,22?,23+,24-,25+,26-,27-,28-,29-/m0/s1. The van der Waals surface area contributed by atoms with Crippen LogP contribution in [0.25, 0.3) is 0 Å². The van der Waals surface area contributed by atoms with Crippen LogP contribution >= 0.6 is 0 Å². The van der Waals surface area contributed by atoms with Gasteiger partial charge in [-0.1, -0.05) is 27.7 Å². The Morgan fingerprint density at radius 3 is 2.50 bits per heavy atom. The fraction of sp³-hybridized carbons (Fsp3) is 0.966. The first kappa shape index (κ1) is 23.7. The quantitative estimate of drug-likeness (QED) is 0.520. The Balaban J connectivity index is 1.24. The van der Waals surface area contributed by atoms with Crippen molar-refractivity contribution >= 4 is 5.97 Å². The van der Waals surface area contributed by atoms with Crippen LogP contribution in [0.15, 0.2) is 0 Å². The van der Waals surface area contributed by atoms with Crippen LogP contribution in [-0.4, -0.2) is 41.8 Å². The molecule has 0 aromatic rings. The van der Waals surface area contributed by atoms with E-state index in [1.54, 1.807) is 0 Å². The van der Waals surface area contributed by atoms with E-state index < -0.39 is 6.10 Å². The van der Waals surface area contributed by atoms with Crippen LogP contribution in [0.5, 0.6) is 0 Å². The van der Waals surface area contributed by atoms with E-state index in [0.29, 0.717) is 47.0 Å². The van der Waals surface area contributed by atoms with Crippen molar-refractivity contribution in [1.29, 1.82) is 0 Å². The number of carbonyl (C=O) groups is 1. The molecule has 2 aliphatic heterocycles. The molecule has 34 heavy (non-hydrogen) atoms. The van der Waals surface area contributed by atoms with Gasteiger partial charge in [0.1, 0.15) is 6.10 Å². The molecule has 5 heteroatoms. The fourth-order valence-electron chi connectivity index (χ4n) is 10.6. The van der Waals surface area contributed by atoms with Gasteiger partial charge in [-0.25, -0.2) is 0 Å². The number of fused-ring (bicyclic) bond motifs is 7. The summed E-state index contributed by atoms with van der Waals surface area (Å²) in [4.78, 5) is 11.7. The predicted octanol–water partition coefficient (Wildman–Crippen LogP) is 5.34. The average molecular weight is 475 g/mol. The molecule has 6 fully saturated rings. The lowest BCUT2D eigenvalue weighted by molar-refractivity contribution is -0.273. The summed E-state index contributed by atoms with van der Waals surface area (Å²) in [5.41, 5.74) is 0.478. The van der Waals surface area contributed by atoms with E-state index in [0.717, 1.165) is 31.8 Å². The van der Waals surface area contributed by atoms with E-state index in [2.05, 4.69) is 27.7 Å². The molecule has 1 N–H and O–H groups in total. The summed E-state index contributed by atoms with van der Waals surface area (Å²) in [6.45, 7) is 12.1. The zero-order valence-corrected chi connectivity index (χ0v) is 21.9. The number of hydrogen-bond donors (Lipinski definition) is 1. The molecule has 4 aliphatic carbocycles. The van der Waals surface area contributed by atoms with Crippen molar-refractivity contribution < 1.29 is 24.1 Å². The van der Waals surface area contributed by atoms with Gasteiger partial charge in [-0.3, -0.25) is 4.79 Å². The Morgan fingerprint density at radius 1 is 1.00 bits per heavy atom. The Labute approximate surface area is 205 Å². The van der Waals surface area contributed by atoms with Gasteiger partial charge in [-0.05, 0) is 97.7 Å². The molecular weight excluding hydrogens is 428 g/mol. The van der Waals surface area contributed by atoms with Crippen molar-refractivity contribution in [2.24, 2.45) is 52.3 Å². The van der Waals surface area contributed by atoms with Crippen LogP contribution in [0.3, 0.4) is 0 Å². The van der Waals surface area contributed by atoms with E-state index >= 15 is 0 Å². The molecule has 13 atom stereocenters. The normalized spacial score (nSPS) is 58.5. The number of rotatable bonds is 1. The second-order valence-electron chi connectivity index (χ2n) is 13.8. The maximum absolute atomic E-state index is 11.7. The summed E-state index contributed by atoms with van der Waals surface area (Å²) in [5, 5.41) is 10.7. The van der Waals surface area contributed by atoms with Crippen molar-refractivity contribution in [3.05, 3.63) is 0 Å². The molecule has 6 aliphatic rings. The van der Waals surface area contributed by atoms with Gasteiger partial charge >= 0.3 is 5.97 Å². The monoisotopic (exact) mass is 474 g/mol. The smallest absolute Gasteiger partial charge is 0.302 e. The van der Waals surface area contributed by atoms with E-state index in [9.17, 15) is 9.90 Å². The lowest BCUT2D eigenvalue weighted by atomic mass is 9.44. The Kier molecular flexibility index (Phi) is 5.53. The van der Waals surface area contributed by atoms with Crippen LogP contribution in [0.1, 0.15) is 92.4 Å². The molecule has 2 heterocycles. The Morgan fingerprint density at radius 2 is 1.79 bits per heavy atom. The van der Waals surface area contributed by atoms with Crippen LogP contribution in [0.2, 0.25) is 0 Å². The van der Waals surface area contributed by atoms with Gasteiger partial charge in [0.25, 0.3) is 0 Å². The molecule has 192 valence electrons. The molecule has 0 aromatic heterocycles. The average Bonchev–Trinajstić information content (AvgIpc) is 3.21. The molecule has 2 saturated heterocycles. The first-order valence-corrected chi connectivity index (χ1v) is 14.2. The van der Waals surface area contributed by atoms with Crippen molar-refractivity contribution in [2.45, 2.75) is 117 Å². The lowest BCUT2D eigenvalue weighted by Crippen LogP contribution is -2.57. The summed E-state index contributed by atoms with van der Waals surface area (Å²) in [7, 11) is 0. The van der Waals surface area contributed by atoms with Crippen LogP contribution in [-0.2, 0) is 19.0 Å². The maximum atomic E-state index is 11.7. The minimum Gasteiger partial charge on any atom is -0.460 e. The van der Waals surface area contributed by atoms with Gasteiger partial charge in [0.15, 0.2) is 5.79 Å². The van der Waals surface area contributed by atoms with Crippen LogP contribution in [0, 0.1) is 52.3 Å². The van der Waals surface area contributed by atoms with E-state index in [-0.39, 0.29) is 23.3 Å². The summed E-state index contributed by atoms with van der Waals surface area (Å²) in [6.07, 6.45) is 9.53. The number of esters is 1. The third kappa shape index (κ3) is 3.24. The van der Waals surface area contributed by atoms with E-state index in [4.69, 9.17) is 14.2 Å². The van der Waals surface area contributed by atoms with E-state index in [1.165, 1.54) is 45.4 Å². The summed E-state index contributed by atoms with van der Waals surface area (Å²) in [6, 6.07) is 0. The number of ether oxygens (including phenoxy) is 3. The molecule has 0 radical (unpaired) electrons. The second-order valence-corrected chi connectivity index (χ2v) is 13.8. The highest BCUT2D eigenvalue weighted by Gasteiger charge is 2.69. The zero-order valence-electron chi connectivity index (χ0n) is 21.9. The molecule has 3 unspecified atom stereocenters. The lowest BCUT2D eigenvalue weighted by Gasteiger charge is -2.62. The molecule has 0 amide bonds. The minimum atomic E-state index is -0.512. The van der Waals surface area contributed by atoms with E-state index in [1.807, 2.05) is 0 Å². The summed E-state index contributed by atoms with van der Waals surface area (Å²) >= 11 is 0. The zero-order chi connectivity index (χ0) is 24.0. The Bertz CT molecular complexity index is 819. The highest BCUT2D eigenvalue weighted by atomic mass is 16.7. The Hall–Kier alpha value is -0.650. The molecule has 1 spiro atoms. The topological polar surface area (TPSA) is 65.0 Å². The molecule has 6 rings (SSSR count). The first-order chi connectivity index (χ1) is 16.1. The number of aliphatic hydroxyl groups excluding tert-OH is 1. The second kappa shape index (κ2) is 7.92. The number of aliphatic hydroxyl groups is 1. The fourth-order valence-corrected chi connectivity index (χ4v) is 10.6. The number of carbonyl (C=O) groups excluding carboxylic acids is 1. The van der Waals surface area contributed by atoms with Gasteiger partial charge in [0.2, 0.25) is 0 Å².